The van der Waals surface area contributed by atoms with Gasteiger partial charge in [0.25, 0.3) is 0 Å². The summed E-state index contributed by atoms with van der Waals surface area (Å²) in [6, 6.07) is 17.7. The van der Waals surface area contributed by atoms with E-state index in [1.807, 2.05) is 66.1 Å². The number of ether oxygens (including phenoxy) is 2. The molecule has 0 radical (unpaired) electrons. The molecule has 1 aliphatic rings. The lowest BCUT2D eigenvalue weighted by atomic mass is 10.2. The van der Waals surface area contributed by atoms with Crippen LogP contribution in [0.15, 0.2) is 59.8 Å². The highest BCUT2D eigenvalue weighted by molar-refractivity contribution is 8.00. The van der Waals surface area contributed by atoms with E-state index in [0.717, 1.165) is 22.8 Å². The second kappa shape index (κ2) is 7.84. The first-order chi connectivity index (χ1) is 13.3. The Kier molecular flexibility index (Phi) is 5.11. The topological polar surface area (TPSA) is 66.2 Å². The summed E-state index contributed by atoms with van der Waals surface area (Å²) in [6.45, 7) is 3.03. The fourth-order valence-corrected chi connectivity index (χ4v) is 3.94. The van der Waals surface area contributed by atoms with Gasteiger partial charge in [0.2, 0.25) is 0 Å². The first-order valence-electron chi connectivity index (χ1n) is 8.83. The van der Waals surface area contributed by atoms with Crippen molar-refractivity contribution < 1.29 is 14.3 Å². The SMILES string of the molecule is CCOc1ccc(-n2c(S[C@H]3CCOC3=O)nnc2-c2ccccc2)cc1. The zero-order valence-electron chi connectivity index (χ0n) is 14.9. The van der Waals surface area contributed by atoms with Crippen molar-refractivity contribution in [2.45, 2.75) is 23.8 Å². The van der Waals surface area contributed by atoms with Crippen LogP contribution in [0.2, 0.25) is 0 Å². The summed E-state index contributed by atoms with van der Waals surface area (Å²) in [7, 11) is 0. The molecule has 1 aromatic heterocycles. The number of thioether (sulfide) groups is 1. The highest BCUT2D eigenvalue weighted by Gasteiger charge is 2.30. The van der Waals surface area contributed by atoms with Gasteiger partial charge in [0.15, 0.2) is 11.0 Å². The number of cyclic esters (lactones) is 1. The second-order valence-corrected chi connectivity index (χ2v) is 7.17. The highest BCUT2D eigenvalue weighted by Crippen LogP contribution is 2.33. The van der Waals surface area contributed by atoms with Crippen LogP contribution in [0.5, 0.6) is 5.75 Å². The molecule has 0 spiro atoms. The zero-order valence-corrected chi connectivity index (χ0v) is 15.7. The van der Waals surface area contributed by atoms with Gasteiger partial charge >= 0.3 is 5.97 Å². The van der Waals surface area contributed by atoms with Gasteiger partial charge in [-0.15, -0.1) is 10.2 Å². The molecule has 7 heteroatoms. The van der Waals surface area contributed by atoms with Crippen molar-refractivity contribution in [3.8, 4) is 22.8 Å². The molecule has 2 heterocycles. The molecule has 0 N–H and O–H groups in total. The van der Waals surface area contributed by atoms with Crippen molar-refractivity contribution in [1.82, 2.24) is 14.8 Å². The van der Waals surface area contributed by atoms with Gasteiger partial charge in [0.05, 0.1) is 13.2 Å². The Bertz CT molecular complexity index is 925. The van der Waals surface area contributed by atoms with E-state index in [1.165, 1.54) is 11.8 Å². The molecule has 1 aliphatic heterocycles. The lowest BCUT2D eigenvalue weighted by Gasteiger charge is -2.12. The number of rotatable bonds is 6. The van der Waals surface area contributed by atoms with Crippen molar-refractivity contribution in [2.24, 2.45) is 0 Å². The predicted octanol–water partition coefficient (Wildman–Crippen LogP) is 3.74. The Balaban J connectivity index is 1.75. The molecular weight excluding hydrogens is 362 g/mol. The molecule has 4 rings (SSSR count). The molecule has 0 saturated carbocycles. The van der Waals surface area contributed by atoms with Crippen molar-refractivity contribution in [3.05, 3.63) is 54.6 Å². The van der Waals surface area contributed by atoms with Crippen molar-refractivity contribution in [2.75, 3.05) is 13.2 Å². The predicted molar refractivity (Wildman–Crippen MR) is 103 cm³/mol. The second-order valence-electron chi connectivity index (χ2n) is 6.00. The van der Waals surface area contributed by atoms with E-state index in [4.69, 9.17) is 9.47 Å². The van der Waals surface area contributed by atoms with Crippen molar-refractivity contribution in [3.63, 3.8) is 0 Å². The first-order valence-corrected chi connectivity index (χ1v) is 9.71. The third-order valence-corrected chi connectivity index (χ3v) is 5.39. The maximum Gasteiger partial charge on any atom is 0.319 e. The Labute approximate surface area is 161 Å². The maximum atomic E-state index is 11.9. The minimum Gasteiger partial charge on any atom is -0.494 e. The van der Waals surface area contributed by atoms with E-state index in [9.17, 15) is 4.79 Å². The summed E-state index contributed by atoms with van der Waals surface area (Å²) in [6.07, 6.45) is 0.681. The fraction of sp³-hybridized carbons (Fsp3) is 0.250. The lowest BCUT2D eigenvalue weighted by Crippen LogP contribution is -2.11. The summed E-state index contributed by atoms with van der Waals surface area (Å²) in [5.41, 5.74) is 1.87. The van der Waals surface area contributed by atoms with Crippen LogP contribution in [0.1, 0.15) is 13.3 Å². The van der Waals surface area contributed by atoms with Crippen molar-refractivity contribution >= 4 is 17.7 Å². The molecule has 138 valence electrons. The Morgan fingerprint density at radius 3 is 2.59 bits per heavy atom. The fourth-order valence-electron chi connectivity index (χ4n) is 2.92. The number of hydrogen-bond acceptors (Lipinski definition) is 6. The minimum absolute atomic E-state index is 0.192. The van der Waals surface area contributed by atoms with Crippen LogP contribution in [0.25, 0.3) is 17.1 Å². The number of carbonyl (C=O) groups is 1. The molecule has 0 aliphatic carbocycles. The molecular formula is C20H19N3O3S. The van der Waals surface area contributed by atoms with Crippen LogP contribution >= 0.6 is 11.8 Å². The molecule has 3 aromatic rings. The van der Waals surface area contributed by atoms with Gasteiger partial charge < -0.3 is 9.47 Å². The number of esters is 1. The van der Waals surface area contributed by atoms with Gasteiger partial charge in [-0.05, 0) is 31.2 Å². The quantitative estimate of drug-likeness (QED) is 0.606. The van der Waals surface area contributed by atoms with E-state index in [2.05, 4.69) is 10.2 Å². The average Bonchev–Trinajstić information content (AvgIpc) is 3.30. The van der Waals surface area contributed by atoms with Gasteiger partial charge in [-0.2, -0.15) is 0 Å². The first kappa shape index (κ1) is 17.6. The van der Waals surface area contributed by atoms with Crippen LogP contribution in [-0.2, 0) is 9.53 Å². The smallest absolute Gasteiger partial charge is 0.319 e. The van der Waals surface area contributed by atoms with Crippen LogP contribution in [0, 0.1) is 0 Å². The monoisotopic (exact) mass is 381 g/mol. The summed E-state index contributed by atoms with van der Waals surface area (Å²) < 4.78 is 12.6. The van der Waals surface area contributed by atoms with Gasteiger partial charge in [0, 0.05) is 17.7 Å². The normalized spacial score (nSPS) is 16.3. The van der Waals surface area contributed by atoms with Crippen LogP contribution in [0.3, 0.4) is 0 Å². The third-order valence-electron chi connectivity index (χ3n) is 4.21. The zero-order chi connectivity index (χ0) is 18.6. The van der Waals surface area contributed by atoms with Crippen LogP contribution < -0.4 is 4.74 Å². The number of nitrogens with zero attached hydrogens (tertiary/aromatic N) is 3. The average molecular weight is 381 g/mol. The van der Waals surface area contributed by atoms with E-state index in [1.54, 1.807) is 0 Å². The standard InChI is InChI=1S/C20H19N3O3S/c1-2-25-16-10-8-15(9-11-16)23-18(14-6-4-3-5-7-14)21-22-20(23)27-17-12-13-26-19(17)24/h3-11,17H,2,12-13H2,1H3/t17-/m0/s1. The van der Waals surface area contributed by atoms with E-state index in [0.29, 0.717) is 24.8 Å². The van der Waals surface area contributed by atoms with Crippen LogP contribution in [-0.4, -0.2) is 39.2 Å². The molecule has 0 amide bonds. The maximum absolute atomic E-state index is 11.9. The Hall–Kier alpha value is -2.80. The Morgan fingerprint density at radius 2 is 1.93 bits per heavy atom. The molecule has 2 aromatic carbocycles. The minimum atomic E-state index is -0.251. The number of aromatic nitrogens is 3. The number of hydrogen-bond donors (Lipinski definition) is 0. The van der Waals surface area contributed by atoms with Gasteiger partial charge in [-0.1, -0.05) is 42.1 Å². The molecule has 27 heavy (non-hydrogen) atoms. The summed E-state index contributed by atoms with van der Waals surface area (Å²) >= 11 is 1.39. The molecule has 1 saturated heterocycles. The summed E-state index contributed by atoms with van der Waals surface area (Å²) in [5, 5.41) is 9.18. The number of benzene rings is 2. The summed E-state index contributed by atoms with van der Waals surface area (Å²) in [5.74, 6) is 1.35. The van der Waals surface area contributed by atoms with Crippen LogP contribution in [0.4, 0.5) is 0 Å². The lowest BCUT2D eigenvalue weighted by molar-refractivity contribution is -0.137. The molecule has 6 nitrogen and oxygen atoms in total. The summed E-state index contributed by atoms with van der Waals surface area (Å²) in [4.78, 5) is 11.9. The molecule has 0 unspecified atom stereocenters. The highest BCUT2D eigenvalue weighted by atomic mass is 32.2. The molecule has 1 atom stereocenters. The van der Waals surface area contributed by atoms with Gasteiger partial charge in [0.1, 0.15) is 11.0 Å². The van der Waals surface area contributed by atoms with Crippen molar-refractivity contribution in [1.29, 1.82) is 0 Å². The van der Waals surface area contributed by atoms with Gasteiger partial charge in [-0.25, -0.2) is 0 Å². The number of carbonyl (C=O) groups excluding carboxylic acids is 1. The largest absolute Gasteiger partial charge is 0.494 e. The third kappa shape index (κ3) is 3.68. The Morgan fingerprint density at radius 1 is 1.15 bits per heavy atom. The van der Waals surface area contributed by atoms with E-state index in [-0.39, 0.29) is 11.2 Å². The van der Waals surface area contributed by atoms with Gasteiger partial charge in [-0.3, -0.25) is 9.36 Å². The molecule has 1 fully saturated rings. The van der Waals surface area contributed by atoms with E-state index < -0.39 is 0 Å². The van der Waals surface area contributed by atoms with E-state index >= 15 is 0 Å². The molecule has 0 bridgehead atoms.